The molecule has 0 spiro atoms. The van der Waals surface area contributed by atoms with E-state index in [4.69, 9.17) is 23.2 Å². The van der Waals surface area contributed by atoms with Gasteiger partial charge < -0.3 is 0 Å². The Morgan fingerprint density at radius 3 is 2.55 bits per heavy atom. The van der Waals surface area contributed by atoms with Gasteiger partial charge in [-0.2, -0.15) is 5.10 Å². The Morgan fingerprint density at radius 1 is 1.30 bits per heavy atom. The van der Waals surface area contributed by atoms with E-state index in [9.17, 15) is 0 Å². The van der Waals surface area contributed by atoms with E-state index in [1.807, 2.05) is 29.9 Å². The summed E-state index contributed by atoms with van der Waals surface area (Å²) in [5.74, 6) is 0.279. The van der Waals surface area contributed by atoms with Gasteiger partial charge in [0.15, 0.2) is 0 Å². The number of halogens is 3. The molecular weight excluding hydrogens is 359 g/mol. The van der Waals surface area contributed by atoms with Gasteiger partial charge in [-0.1, -0.05) is 64.3 Å². The van der Waals surface area contributed by atoms with E-state index in [1.54, 1.807) is 0 Å². The van der Waals surface area contributed by atoms with Gasteiger partial charge in [-0.05, 0) is 24.5 Å². The number of hydrogen-bond donors (Lipinski definition) is 0. The molecule has 0 aliphatic heterocycles. The van der Waals surface area contributed by atoms with Crippen molar-refractivity contribution in [1.82, 2.24) is 9.78 Å². The highest BCUT2D eigenvalue weighted by atomic mass is 79.9. The molecule has 1 heterocycles. The molecule has 0 bridgehead atoms. The zero-order valence-corrected chi connectivity index (χ0v) is 14.6. The lowest BCUT2D eigenvalue weighted by Crippen LogP contribution is -2.09. The normalized spacial score (nSPS) is 12.7. The minimum Gasteiger partial charge on any atom is -0.271 e. The molecule has 0 saturated heterocycles. The molecule has 2 nitrogen and oxygen atoms in total. The number of aromatic nitrogens is 2. The Balaban J connectivity index is 2.32. The van der Waals surface area contributed by atoms with Gasteiger partial charge in [0.25, 0.3) is 0 Å². The molecule has 1 aromatic heterocycles. The van der Waals surface area contributed by atoms with Gasteiger partial charge in [-0.15, -0.1) is 0 Å². The van der Waals surface area contributed by atoms with E-state index in [1.165, 1.54) is 0 Å². The van der Waals surface area contributed by atoms with Gasteiger partial charge in [-0.25, -0.2) is 0 Å². The first kappa shape index (κ1) is 15.9. The summed E-state index contributed by atoms with van der Waals surface area (Å²) in [4.78, 5) is 0. The van der Waals surface area contributed by atoms with Crippen LogP contribution in [-0.4, -0.2) is 15.1 Å². The van der Waals surface area contributed by atoms with Gasteiger partial charge in [0.05, 0.1) is 16.4 Å². The molecule has 108 valence electrons. The molecule has 2 aromatic rings. The van der Waals surface area contributed by atoms with Gasteiger partial charge in [0.2, 0.25) is 0 Å². The molecule has 2 rings (SSSR count). The van der Waals surface area contributed by atoms with Crippen LogP contribution in [0.1, 0.15) is 29.8 Å². The van der Waals surface area contributed by atoms with Crippen molar-refractivity contribution in [2.75, 3.05) is 5.33 Å². The molecule has 1 atom stereocenters. The van der Waals surface area contributed by atoms with Gasteiger partial charge >= 0.3 is 0 Å². The van der Waals surface area contributed by atoms with Gasteiger partial charge in [-0.3, -0.25) is 4.68 Å². The van der Waals surface area contributed by atoms with Crippen LogP contribution in [0.25, 0.3) is 0 Å². The topological polar surface area (TPSA) is 17.8 Å². The van der Waals surface area contributed by atoms with E-state index in [0.29, 0.717) is 0 Å². The lowest BCUT2D eigenvalue weighted by Gasteiger charge is -2.16. The van der Waals surface area contributed by atoms with Crippen LogP contribution in [0, 0.1) is 0 Å². The summed E-state index contributed by atoms with van der Waals surface area (Å²) in [7, 11) is 1.94. The van der Waals surface area contributed by atoms with Crippen LogP contribution in [0.5, 0.6) is 0 Å². The molecule has 0 fully saturated rings. The Labute approximate surface area is 138 Å². The number of rotatable bonds is 5. The summed E-state index contributed by atoms with van der Waals surface area (Å²) in [6.45, 7) is 2.06. The van der Waals surface area contributed by atoms with Crippen molar-refractivity contribution < 1.29 is 0 Å². The molecule has 0 amide bonds. The van der Waals surface area contributed by atoms with Crippen molar-refractivity contribution in [2.24, 2.45) is 7.05 Å². The van der Waals surface area contributed by atoms with Crippen LogP contribution in [0.2, 0.25) is 10.0 Å². The summed E-state index contributed by atoms with van der Waals surface area (Å²) in [6, 6.07) is 7.96. The standard InChI is InChI=1S/C15H17BrCl2N2/c1-3-13-15(18)14(20(2)19-13)8-10(9-16)11-6-4-5-7-12(11)17/h4-7,10H,3,8-9H2,1-2H3. The number of hydrogen-bond acceptors (Lipinski definition) is 1. The number of alkyl halides is 1. The monoisotopic (exact) mass is 374 g/mol. The van der Waals surface area contributed by atoms with Crippen molar-refractivity contribution in [3.63, 3.8) is 0 Å². The molecule has 20 heavy (non-hydrogen) atoms. The Hall–Kier alpha value is -0.510. The average Bonchev–Trinajstić information content (AvgIpc) is 2.72. The largest absolute Gasteiger partial charge is 0.271 e. The fraction of sp³-hybridized carbons (Fsp3) is 0.400. The predicted octanol–water partition coefficient (Wildman–Crippen LogP) is 5.01. The summed E-state index contributed by atoms with van der Waals surface area (Å²) >= 11 is 16.3. The van der Waals surface area contributed by atoms with Crippen LogP contribution >= 0.6 is 39.1 Å². The molecule has 1 unspecified atom stereocenters. The summed E-state index contributed by atoms with van der Waals surface area (Å²) < 4.78 is 1.88. The average molecular weight is 376 g/mol. The highest BCUT2D eigenvalue weighted by molar-refractivity contribution is 9.09. The van der Waals surface area contributed by atoms with E-state index in [0.717, 1.165) is 45.2 Å². The zero-order valence-electron chi connectivity index (χ0n) is 11.5. The first-order valence-corrected chi connectivity index (χ1v) is 8.46. The molecule has 0 N–H and O–H groups in total. The van der Waals surface area contributed by atoms with Gasteiger partial charge in [0.1, 0.15) is 0 Å². The van der Waals surface area contributed by atoms with Crippen molar-refractivity contribution in [3.05, 3.63) is 51.3 Å². The summed E-state index contributed by atoms with van der Waals surface area (Å²) in [5.41, 5.74) is 3.16. The molecule has 0 radical (unpaired) electrons. The Bertz CT molecular complexity index is 596. The first-order valence-electron chi connectivity index (χ1n) is 6.59. The Kier molecular flexibility index (Phi) is 5.53. The smallest absolute Gasteiger partial charge is 0.0849 e. The fourth-order valence-electron chi connectivity index (χ4n) is 2.33. The van der Waals surface area contributed by atoms with Crippen LogP contribution in [0.4, 0.5) is 0 Å². The third-order valence-corrected chi connectivity index (χ3v) is 5.04. The van der Waals surface area contributed by atoms with Crippen LogP contribution in [0.3, 0.4) is 0 Å². The predicted molar refractivity (Wildman–Crippen MR) is 89.3 cm³/mol. The summed E-state index contributed by atoms with van der Waals surface area (Å²) in [6.07, 6.45) is 1.66. The minimum absolute atomic E-state index is 0.279. The third-order valence-electron chi connectivity index (χ3n) is 3.47. The molecular formula is C15H17BrCl2N2. The highest BCUT2D eigenvalue weighted by Gasteiger charge is 2.20. The maximum atomic E-state index is 6.43. The second-order valence-corrected chi connectivity index (χ2v) is 6.19. The highest BCUT2D eigenvalue weighted by Crippen LogP contribution is 2.32. The number of benzene rings is 1. The van der Waals surface area contributed by atoms with Crippen molar-refractivity contribution in [2.45, 2.75) is 25.7 Å². The lowest BCUT2D eigenvalue weighted by molar-refractivity contribution is 0.658. The van der Waals surface area contributed by atoms with E-state index in [2.05, 4.69) is 34.0 Å². The molecule has 1 aromatic carbocycles. The Morgan fingerprint density at radius 2 is 2.00 bits per heavy atom. The second-order valence-electron chi connectivity index (χ2n) is 4.76. The van der Waals surface area contributed by atoms with E-state index >= 15 is 0 Å². The maximum Gasteiger partial charge on any atom is 0.0849 e. The van der Waals surface area contributed by atoms with Crippen molar-refractivity contribution in [3.8, 4) is 0 Å². The number of nitrogens with zero attached hydrogens (tertiary/aromatic N) is 2. The quantitative estimate of drug-likeness (QED) is 0.671. The maximum absolute atomic E-state index is 6.43. The summed E-state index contributed by atoms with van der Waals surface area (Å²) in [5, 5.41) is 6.88. The van der Waals surface area contributed by atoms with Crippen molar-refractivity contribution in [1.29, 1.82) is 0 Å². The fourth-order valence-corrected chi connectivity index (χ4v) is 3.57. The lowest BCUT2D eigenvalue weighted by atomic mass is 9.96. The number of aryl methyl sites for hydroxylation is 2. The zero-order chi connectivity index (χ0) is 14.7. The van der Waals surface area contributed by atoms with E-state index < -0.39 is 0 Å². The van der Waals surface area contributed by atoms with Crippen LogP contribution in [0.15, 0.2) is 24.3 Å². The second kappa shape index (κ2) is 6.97. The van der Waals surface area contributed by atoms with E-state index in [-0.39, 0.29) is 5.92 Å². The van der Waals surface area contributed by atoms with Crippen LogP contribution in [-0.2, 0) is 19.9 Å². The van der Waals surface area contributed by atoms with Crippen molar-refractivity contribution >= 4 is 39.1 Å². The van der Waals surface area contributed by atoms with Crippen LogP contribution < -0.4 is 0 Å². The first-order chi connectivity index (χ1) is 9.58. The van der Waals surface area contributed by atoms with Gasteiger partial charge in [0, 0.05) is 23.3 Å². The SMILES string of the molecule is CCc1nn(C)c(CC(CBr)c2ccccc2Cl)c1Cl. The third kappa shape index (κ3) is 3.21. The molecule has 0 aliphatic rings. The molecule has 5 heteroatoms. The molecule has 0 aliphatic carbocycles. The minimum atomic E-state index is 0.279. The molecule has 0 saturated carbocycles.